The number of anilines is 1. The van der Waals surface area contributed by atoms with E-state index in [4.69, 9.17) is 0 Å². The van der Waals surface area contributed by atoms with E-state index in [-0.39, 0.29) is 0 Å². The molecule has 1 heterocycles. The second-order valence-electron chi connectivity index (χ2n) is 2.95. The van der Waals surface area contributed by atoms with Gasteiger partial charge in [0.05, 0.1) is 12.1 Å². The number of nitrogens with zero attached hydrogens (tertiary/aromatic N) is 1. The third-order valence-electron chi connectivity index (χ3n) is 1.87. The van der Waals surface area contributed by atoms with Gasteiger partial charge in [0, 0.05) is 24.8 Å². The summed E-state index contributed by atoms with van der Waals surface area (Å²) in [6.07, 6.45) is 1.89. The molecule has 0 saturated carbocycles. The maximum atomic E-state index is 4.04. The normalized spacial score (nSPS) is 10.3. The van der Waals surface area contributed by atoms with Gasteiger partial charge in [-0.05, 0) is 56.7 Å². The van der Waals surface area contributed by atoms with Gasteiger partial charge in [-0.1, -0.05) is 0 Å². The minimum Gasteiger partial charge on any atom is -0.380 e. The molecule has 0 radical (unpaired) electrons. The molecule has 0 saturated heterocycles. The molecule has 1 aromatic carbocycles. The number of rotatable bonds is 3. The van der Waals surface area contributed by atoms with Crippen LogP contribution in [0.5, 0.6) is 0 Å². The van der Waals surface area contributed by atoms with Crippen molar-refractivity contribution in [2.24, 2.45) is 0 Å². The molecule has 1 N–H and O–H groups in total. The van der Waals surface area contributed by atoms with Crippen LogP contribution in [-0.4, -0.2) is 4.98 Å². The first-order valence-electron chi connectivity index (χ1n) is 4.32. The summed E-state index contributed by atoms with van der Waals surface area (Å²) in [5.74, 6) is 0. The van der Waals surface area contributed by atoms with Crippen molar-refractivity contribution < 1.29 is 0 Å². The Balaban J connectivity index is 2.02. The van der Waals surface area contributed by atoms with Crippen molar-refractivity contribution in [2.45, 2.75) is 6.54 Å². The van der Waals surface area contributed by atoms with E-state index in [0.717, 1.165) is 16.7 Å². The number of thiazole rings is 1. The van der Waals surface area contributed by atoms with E-state index >= 15 is 0 Å². The van der Waals surface area contributed by atoms with Gasteiger partial charge in [0.25, 0.3) is 0 Å². The van der Waals surface area contributed by atoms with Crippen molar-refractivity contribution in [3.05, 3.63) is 42.8 Å². The first kappa shape index (κ1) is 11.3. The van der Waals surface area contributed by atoms with Crippen molar-refractivity contribution in [3.63, 3.8) is 0 Å². The molecule has 15 heavy (non-hydrogen) atoms. The van der Waals surface area contributed by atoms with Crippen molar-refractivity contribution >= 4 is 55.5 Å². The Hall–Kier alpha value is -0.140. The summed E-state index contributed by atoms with van der Waals surface area (Å²) in [5, 5.41) is 3.36. The first-order chi connectivity index (χ1) is 7.25. The standard InChI is InChI=1S/C10H8BrIN2S/c11-9-2-1-7(3-10(9)12)14-5-8-4-13-6-15-8/h1-4,6,14H,5H2. The second-order valence-corrected chi connectivity index (χ2v) is 5.94. The van der Waals surface area contributed by atoms with Gasteiger partial charge in [0.15, 0.2) is 0 Å². The summed E-state index contributed by atoms with van der Waals surface area (Å²) in [5.41, 5.74) is 2.98. The molecule has 0 bridgehead atoms. The molecule has 5 heteroatoms. The molecule has 2 nitrogen and oxygen atoms in total. The van der Waals surface area contributed by atoms with E-state index in [2.05, 4.69) is 67.0 Å². The summed E-state index contributed by atoms with van der Waals surface area (Å²) in [7, 11) is 0. The van der Waals surface area contributed by atoms with Gasteiger partial charge < -0.3 is 5.32 Å². The molecule has 0 aliphatic rings. The Bertz CT molecular complexity index is 445. The molecule has 0 unspecified atom stereocenters. The van der Waals surface area contributed by atoms with Crippen LogP contribution < -0.4 is 5.32 Å². The van der Waals surface area contributed by atoms with Crippen LogP contribution in [0, 0.1) is 3.57 Å². The van der Waals surface area contributed by atoms with E-state index in [9.17, 15) is 0 Å². The number of benzene rings is 1. The highest BCUT2D eigenvalue weighted by Gasteiger charge is 1.99. The lowest BCUT2D eigenvalue weighted by Gasteiger charge is -2.05. The van der Waals surface area contributed by atoms with Crippen LogP contribution in [0.3, 0.4) is 0 Å². The van der Waals surface area contributed by atoms with Gasteiger partial charge in [-0.15, -0.1) is 11.3 Å². The summed E-state index contributed by atoms with van der Waals surface area (Å²) in [6, 6.07) is 6.23. The molecule has 2 aromatic rings. The Morgan fingerprint density at radius 3 is 3.00 bits per heavy atom. The highest BCUT2D eigenvalue weighted by molar-refractivity contribution is 14.1. The Kier molecular flexibility index (Phi) is 3.99. The number of hydrogen-bond donors (Lipinski definition) is 1. The average Bonchev–Trinajstić information content (AvgIpc) is 2.73. The van der Waals surface area contributed by atoms with Gasteiger partial charge in [-0.2, -0.15) is 0 Å². The average molecular weight is 395 g/mol. The second kappa shape index (κ2) is 5.27. The zero-order valence-corrected chi connectivity index (χ0v) is 12.3. The zero-order valence-electron chi connectivity index (χ0n) is 7.71. The molecule has 0 amide bonds. The molecule has 0 atom stereocenters. The molecule has 0 aliphatic carbocycles. The van der Waals surface area contributed by atoms with Crippen molar-refractivity contribution in [1.29, 1.82) is 0 Å². The van der Waals surface area contributed by atoms with E-state index in [1.54, 1.807) is 11.3 Å². The topological polar surface area (TPSA) is 24.9 Å². The lowest BCUT2D eigenvalue weighted by atomic mass is 10.3. The molecule has 0 spiro atoms. The molecule has 0 fully saturated rings. The van der Waals surface area contributed by atoms with Gasteiger partial charge in [-0.25, -0.2) is 0 Å². The van der Waals surface area contributed by atoms with E-state index in [1.165, 1.54) is 8.45 Å². The maximum Gasteiger partial charge on any atom is 0.0794 e. The number of nitrogens with one attached hydrogen (secondary N) is 1. The van der Waals surface area contributed by atoms with E-state index in [1.807, 2.05) is 11.7 Å². The van der Waals surface area contributed by atoms with Crippen LogP contribution in [-0.2, 0) is 6.54 Å². The lowest BCUT2D eigenvalue weighted by molar-refractivity contribution is 1.17. The number of aromatic nitrogens is 1. The van der Waals surface area contributed by atoms with Gasteiger partial charge >= 0.3 is 0 Å². The van der Waals surface area contributed by atoms with Crippen LogP contribution in [0.15, 0.2) is 34.4 Å². The van der Waals surface area contributed by atoms with Gasteiger partial charge in [0.2, 0.25) is 0 Å². The maximum absolute atomic E-state index is 4.04. The van der Waals surface area contributed by atoms with Crippen molar-refractivity contribution in [1.82, 2.24) is 4.98 Å². The van der Waals surface area contributed by atoms with Gasteiger partial charge in [0.1, 0.15) is 0 Å². The van der Waals surface area contributed by atoms with Crippen LogP contribution in [0.2, 0.25) is 0 Å². The fraction of sp³-hybridized carbons (Fsp3) is 0.100. The van der Waals surface area contributed by atoms with E-state index in [0.29, 0.717) is 0 Å². The summed E-state index contributed by atoms with van der Waals surface area (Å²) < 4.78 is 2.34. The monoisotopic (exact) mass is 394 g/mol. The SMILES string of the molecule is Brc1ccc(NCc2cncs2)cc1I. The molecule has 78 valence electrons. The minimum absolute atomic E-state index is 0.836. The van der Waals surface area contributed by atoms with Crippen LogP contribution in [0.1, 0.15) is 4.88 Å². The van der Waals surface area contributed by atoms with Crippen molar-refractivity contribution in [2.75, 3.05) is 5.32 Å². The molecular weight excluding hydrogens is 387 g/mol. The smallest absolute Gasteiger partial charge is 0.0794 e. The molecule has 2 rings (SSSR count). The summed E-state index contributed by atoms with van der Waals surface area (Å²) >= 11 is 7.45. The Morgan fingerprint density at radius 2 is 2.33 bits per heavy atom. The molecular formula is C10H8BrIN2S. The summed E-state index contributed by atoms with van der Waals surface area (Å²) in [4.78, 5) is 5.28. The molecule has 0 aliphatic heterocycles. The third kappa shape index (κ3) is 3.15. The van der Waals surface area contributed by atoms with Crippen LogP contribution in [0.4, 0.5) is 5.69 Å². The minimum atomic E-state index is 0.836. The fourth-order valence-electron chi connectivity index (χ4n) is 1.12. The van der Waals surface area contributed by atoms with Gasteiger partial charge in [-0.3, -0.25) is 4.98 Å². The van der Waals surface area contributed by atoms with E-state index < -0.39 is 0 Å². The zero-order chi connectivity index (χ0) is 10.7. The predicted molar refractivity (Wildman–Crippen MR) is 76.3 cm³/mol. The largest absolute Gasteiger partial charge is 0.380 e. The third-order valence-corrected chi connectivity index (χ3v) is 4.97. The van der Waals surface area contributed by atoms with Crippen LogP contribution >= 0.6 is 49.9 Å². The highest BCUT2D eigenvalue weighted by atomic mass is 127. The lowest BCUT2D eigenvalue weighted by Crippen LogP contribution is -1.97. The summed E-state index contributed by atoms with van der Waals surface area (Å²) in [6.45, 7) is 0.836. The Labute approximate surface area is 114 Å². The highest BCUT2D eigenvalue weighted by Crippen LogP contribution is 2.23. The number of hydrogen-bond acceptors (Lipinski definition) is 3. The van der Waals surface area contributed by atoms with Crippen LogP contribution in [0.25, 0.3) is 0 Å². The Morgan fingerprint density at radius 1 is 1.47 bits per heavy atom. The first-order valence-corrected chi connectivity index (χ1v) is 7.07. The van der Waals surface area contributed by atoms with Crippen molar-refractivity contribution in [3.8, 4) is 0 Å². The molecule has 1 aromatic heterocycles. The fourth-order valence-corrected chi connectivity index (χ4v) is 2.42. The predicted octanol–water partition coefficient (Wildman–Crippen LogP) is 4.12. The quantitative estimate of drug-likeness (QED) is 0.792. The number of halogens is 2.